The minimum Gasteiger partial charge on any atom is -0.354 e. The van der Waals surface area contributed by atoms with Crippen LogP contribution in [0.5, 0.6) is 0 Å². The Hall–Kier alpha value is -0.900. The Morgan fingerprint density at radius 1 is 1.13 bits per heavy atom. The number of hydrogen-bond acceptors (Lipinski definition) is 3. The standard InChI is InChI=1S/C12H19NO2/c1-14-12(15-2)11(13)9-8-10-6-4-3-5-7-10/h3-7,11-12H,8-9,13H2,1-2H3/t11-/m1/s1. The molecule has 1 aromatic carbocycles. The normalized spacial score (nSPS) is 13.1. The molecule has 0 bridgehead atoms. The van der Waals surface area contributed by atoms with E-state index in [9.17, 15) is 0 Å². The fourth-order valence-corrected chi connectivity index (χ4v) is 1.56. The number of ether oxygens (including phenoxy) is 2. The molecule has 0 saturated carbocycles. The topological polar surface area (TPSA) is 44.5 Å². The summed E-state index contributed by atoms with van der Waals surface area (Å²) in [4.78, 5) is 0. The van der Waals surface area contributed by atoms with E-state index in [1.165, 1.54) is 5.56 Å². The maximum Gasteiger partial charge on any atom is 0.171 e. The lowest BCUT2D eigenvalue weighted by Gasteiger charge is -2.20. The molecule has 0 aliphatic carbocycles. The van der Waals surface area contributed by atoms with Crippen molar-refractivity contribution in [1.82, 2.24) is 0 Å². The van der Waals surface area contributed by atoms with E-state index in [-0.39, 0.29) is 12.3 Å². The van der Waals surface area contributed by atoms with Crippen molar-refractivity contribution in [2.75, 3.05) is 14.2 Å². The summed E-state index contributed by atoms with van der Waals surface area (Å²) in [5.41, 5.74) is 7.23. The average Bonchev–Trinajstić information content (AvgIpc) is 2.29. The minimum absolute atomic E-state index is 0.0831. The highest BCUT2D eigenvalue weighted by Gasteiger charge is 2.15. The van der Waals surface area contributed by atoms with Gasteiger partial charge in [0.1, 0.15) is 0 Å². The maximum absolute atomic E-state index is 5.94. The molecular weight excluding hydrogens is 190 g/mol. The highest BCUT2D eigenvalue weighted by Crippen LogP contribution is 2.07. The van der Waals surface area contributed by atoms with E-state index in [0.29, 0.717) is 0 Å². The Labute approximate surface area is 91.2 Å². The van der Waals surface area contributed by atoms with Gasteiger partial charge in [0.25, 0.3) is 0 Å². The first-order valence-corrected chi connectivity index (χ1v) is 5.13. The molecule has 0 unspecified atom stereocenters. The van der Waals surface area contributed by atoms with Crippen LogP contribution in [-0.4, -0.2) is 26.6 Å². The second-order valence-electron chi connectivity index (χ2n) is 3.53. The second-order valence-corrected chi connectivity index (χ2v) is 3.53. The molecule has 1 atom stereocenters. The summed E-state index contributed by atoms with van der Waals surface area (Å²) in [7, 11) is 3.22. The Balaban J connectivity index is 2.36. The van der Waals surface area contributed by atoms with Gasteiger partial charge in [0, 0.05) is 14.2 Å². The second kappa shape index (κ2) is 6.56. The zero-order chi connectivity index (χ0) is 11.1. The zero-order valence-electron chi connectivity index (χ0n) is 9.35. The highest BCUT2D eigenvalue weighted by molar-refractivity contribution is 5.14. The third-order valence-corrected chi connectivity index (χ3v) is 2.42. The molecule has 3 nitrogen and oxygen atoms in total. The number of benzene rings is 1. The zero-order valence-corrected chi connectivity index (χ0v) is 9.35. The third-order valence-electron chi connectivity index (χ3n) is 2.42. The molecule has 15 heavy (non-hydrogen) atoms. The van der Waals surface area contributed by atoms with Crippen LogP contribution in [-0.2, 0) is 15.9 Å². The van der Waals surface area contributed by atoms with Crippen LogP contribution in [0.15, 0.2) is 30.3 Å². The number of hydrogen-bond donors (Lipinski definition) is 1. The van der Waals surface area contributed by atoms with Crippen LogP contribution in [0.3, 0.4) is 0 Å². The van der Waals surface area contributed by atoms with Gasteiger partial charge >= 0.3 is 0 Å². The molecule has 1 rings (SSSR count). The van der Waals surface area contributed by atoms with Gasteiger partial charge in [-0.15, -0.1) is 0 Å². The predicted molar refractivity (Wildman–Crippen MR) is 60.5 cm³/mol. The summed E-state index contributed by atoms with van der Waals surface area (Å²) >= 11 is 0. The first-order chi connectivity index (χ1) is 7.27. The largest absolute Gasteiger partial charge is 0.354 e. The first-order valence-electron chi connectivity index (χ1n) is 5.13. The highest BCUT2D eigenvalue weighted by atomic mass is 16.7. The lowest BCUT2D eigenvalue weighted by atomic mass is 10.1. The third kappa shape index (κ3) is 4.00. The van der Waals surface area contributed by atoms with Crippen molar-refractivity contribution < 1.29 is 9.47 Å². The molecular formula is C12H19NO2. The van der Waals surface area contributed by atoms with Gasteiger partial charge in [-0.1, -0.05) is 30.3 Å². The molecule has 0 aliphatic heterocycles. The Bertz CT molecular complexity index is 260. The molecule has 0 fully saturated rings. The van der Waals surface area contributed by atoms with Crippen LogP contribution in [0, 0.1) is 0 Å². The molecule has 3 heteroatoms. The van der Waals surface area contributed by atoms with Crippen molar-refractivity contribution in [1.29, 1.82) is 0 Å². The summed E-state index contributed by atoms with van der Waals surface area (Å²) in [6, 6.07) is 10.2. The van der Waals surface area contributed by atoms with Gasteiger partial charge in [-0.2, -0.15) is 0 Å². The summed E-state index contributed by atoms with van der Waals surface area (Å²) in [6.45, 7) is 0. The van der Waals surface area contributed by atoms with Gasteiger partial charge < -0.3 is 15.2 Å². The first kappa shape index (κ1) is 12.2. The average molecular weight is 209 g/mol. The molecule has 0 aromatic heterocycles. The van der Waals surface area contributed by atoms with Crippen LogP contribution in [0.4, 0.5) is 0 Å². The van der Waals surface area contributed by atoms with Gasteiger partial charge in [-0.25, -0.2) is 0 Å². The summed E-state index contributed by atoms with van der Waals surface area (Å²) in [5.74, 6) is 0. The van der Waals surface area contributed by atoms with Crippen molar-refractivity contribution >= 4 is 0 Å². The number of rotatable bonds is 6. The quantitative estimate of drug-likeness (QED) is 0.723. The van der Waals surface area contributed by atoms with E-state index in [1.807, 2.05) is 18.2 Å². The smallest absolute Gasteiger partial charge is 0.171 e. The number of methoxy groups -OCH3 is 2. The van der Waals surface area contributed by atoms with E-state index in [2.05, 4.69) is 12.1 Å². The van der Waals surface area contributed by atoms with Crippen LogP contribution in [0.1, 0.15) is 12.0 Å². The molecule has 0 radical (unpaired) electrons. The van der Waals surface area contributed by atoms with E-state index in [4.69, 9.17) is 15.2 Å². The van der Waals surface area contributed by atoms with Crippen LogP contribution in [0.2, 0.25) is 0 Å². The molecule has 0 aliphatic rings. The monoisotopic (exact) mass is 209 g/mol. The lowest BCUT2D eigenvalue weighted by molar-refractivity contribution is -0.117. The van der Waals surface area contributed by atoms with Gasteiger partial charge in [-0.05, 0) is 18.4 Å². The van der Waals surface area contributed by atoms with Crippen molar-refractivity contribution in [2.45, 2.75) is 25.2 Å². The van der Waals surface area contributed by atoms with Crippen LogP contribution < -0.4 is 5.73 Å². The van der Waals surface area contributed by atoms with E-state index in [0.717, 1.165) is 12.8 Å². The molecule has 0 amide bonds. The van der Waals surface area contributed by atoms with Gasteiger partial charge in [0.05, 0.1) is 6.04 Å². The predicted octanol–water partition coefficient (Wildman–Crippen LogP) is 1.57. The molecule has 1 aromatic rings. The van der Waals surface area contributed by atoms with Crippen LogP contribution >= 0.6 is 0 Å². The van der Waals surface area contributed by atoms with E-state index >= 15 is 0 Å². The molecule has 84 valence electrons. The van der Waals surface area contributed by atoms with Crippen LogP contribution in [0.25, 0.3) is 0 Å². The number of nitrogens with two attached hydrogens (primary N) is 1. The van der Waals surface area contributed by atoms with Crippen molar-refractivity contribution in [3.05, 3.63) is 35.9 Å². The molecule has 0 spiro atoms. The van der Waals surface area contributed by atoms with Crippen molar-refractivity contribution in [3.8, 4) is 0 Å². The Morgan fingerprint density at radius 3 is 2.27 bits per heavy atom. The number of aryl methyl sites for hydroxylation is 1. The van der Waals surface area contributed by atoms with Gasteiger partial charge in [0.15, 0.2) is 6.29 Å². The van der Waals surface area contributed by atoms with Gasteiger partial charge in [0.2, 0.25) is 0 Å². The summed E-state index contributed by atoms with van der Waals surface area (Å²) < 4.78 is 10.2. The van der Waals surface area contributed by atoms with Gasteiger partial charge in [-0.3, -0.25) is 0 Å². The fourth-order valence-electron chi connectivity index (χ4n) is 1.56. The lowest BCUT2D eigenvalue weighted by Crippen LogP contribution is -2.37. The van der Waals surface area contributed by atoms with Crippen molar-refractivity contribution in [3.63, 3.8) is 0 Å². The molecule has 2 N–H and O–H groups in total. The molecule has 0 saturated heterocycles. The minimum atomic E-state index is -0.311. The Kier molecular flexibility index (Phi) is 5.32. The van der Waals surface area contributed by atoms with Crippen molar-refractivity contribution in [2.24, 2.45) is 5.73 Å². The summed E-state index contributed by atoms with van der Waals surface area (Å²) in [6.07, 6.45) is 1.50. The summed E-state index contributed by atoms with van der Waals surface area (Å²) in [5, 5.41) is 0. The van der Waals surface area contributed by atoms with E-state index in [1.54, 1.807) is 14.2 Å². The maximum atomic E-state index is 5.94. The van der Waals surface area contributed by atoms with E-state index < -0.39 is 0 Å². The fraction of sp³-hybridized carbons (Fsp3) is 0.500. The Morgan fingerprint density at radius 2 is 1.73 bits per heavy atom. The molecule has 0 heterocycles. The SMILES string of the molecule is COC(OC)[C@H](N)CCc1ccccc1.